The number of benzene rings is 3. The molecule has 29 heavy (non-hydrogen) atoms. The molecular formula is C24H22N2O3. The van der Waals surface area contributed by atoms with Gasteiger partial charge >= 0.3 is 0 Å². The van der Waals surface area contributed by atoms with Crippen LogP contribution in [0.4, 0.5) is 11.4 Å². The second-order valence-corrected chi connectivity index (χ2v) is 6.91. The zero-order chi connectivity index (χ0) is 20.1. The fourth-order valence-electron chi connectivity index (χ4n) is 3.44. The molecule has 0 bridgehead atoms. The van der Waals surface area contributed by atoms with E-state index in [9.17, 15) is 9.59 Å². The summed E-state index contributed by atoms with van der Waals surface area (Å²) in [5, 5.41) is 2.98. The molecule has 3 aromatic carbocycles. The van der Waals surface area contributed by atoms with Crippen LogP contribution in [0.2, 0.25) is 0 Å². The van der Waals surface area contributed by atoms with E-state index >= 15 is 0 Å². The van der Waals surface area contributed by atoms with Gasteiger partial charge in [-0.25, -0.2) is 0 Å². The lowest BCUT2D eigenvalue weighted by molar-refractivity contribution is -0.121. The predicted octanol–water partition coefficient (Wildman–Crippen LogP) is 4.03. The minimum Gasteiger partial charge on any atom is -0.491 e. The van der Waals surface area contributed by atoms with Crippen molar-refractivity contribution in [2.24, 2.45) is 0 Å². The number of nitrogens with one attached hydrogen (secondary N) is 1. The number of carbonyl (C=O) groups is 2. The molecule has 0 aliphatic carbocycles. The second kappa shape index (κ2) is 8.61. The molecule has 0 saturated heterocycles. The van der Waals surface area contributed by atoms with E-state index in [0.29, 0.717) is 18.0 Å². The van der Waals surface area contributed by atoms with Gasteiger partial charge in [0.1, 0.15) is 12.3 Å². The summed E-state index contributed by atoms with van der Waals surface area (Å²) in [4.78, 5) is 26.8. The summed E-state index contributed by atoms with van der Waals surface area (Å²) in [6, 6.07) is 25.1. The Morgan fingerprint density at radius 3 is 2.52 bits per heavy atom. The second-order valence-electron chi connectivity index (χ2n) is 6.91. The van der Waals surface area contributed by atoms with Crippen molar-refractivity contribution >= 4 is 23.2 Å². The van der Waals surface area contributed by atoms with E-state index in [1.165, 1.54) is 10.5 Å². The van der Waals surface area contributed by atoms with Crippen molar-refractivity contribution in [3.63, 3.8) is 0 Å². The maximum Gasteiger partial charge on any atom is 0.244 e. The summed E-state index contributed by atoms with van der Waals surface area (Å²) < 4.78 is 5.64. The Balaban J connectivity index is 1.51. The van der Waals surface area contributed by atoms with E-state index in [2.05, 4.69) is 17.4 Å². The molecule has 1 aliphatic rings. The highest BCUT2D eigenvalue weighted by Gasteiger charge is 2.25. The zero-order valence-corrected chi connectivity index (χ0v) is 16.0. The Morgan fingerprint density at radius 1 is 0.931 bits per heavy atom. The molecule has 5 nitrogen and oxygen atoms in total. The van der Waals surface area contributed by atoms with Crippen molar-refractivity contribution in [3.8, 4) is 5.75 Å². The van der Waals surface area contributed by atoms with E-state index in [1.54, 1.807) is 6.07 Å². The molecule has 1 aliphatic heterocycles. The molecule has 0 atom stereocenters. The van der Waals surface area contributed by atoms with Gasteiger partial charge in [0.15, 0.2) is 0 Å². The standard InChI is InChI=1S/C24H22N2O3/c27-23(17-26-21-12-6-7-13-22(21)29-15-14-24(26)28)25-20-11-5-4-10-19(20)16-18-8-2-1-3-9-18/h1-13H,14-17H2,(H,25,27). The molecule has 0 unspecified atom stereocenters. The Kier molecular flexibility index (Phi) is 5.56. The van der Waals surface area contributed by atoms with E-state index in [0.717, 1.165) is 17.7 Å². The fourth-order valence-corrected chi connectivity index (χ4v) is 3.44. The van der Waals surface area contributed by atoms with Crippen LogP contribution in [0.15, 0.2) is 78.9 Å². The molecule has 5 heteroatoms. The van der Waals surface area contributed by atoms with Crippen LogP contribution in [-0.2, 0) is 16.0 Å². The van der Waals surface area contributed by atoms with Gasteiger partial charge in [-0.2, -0.15) is 0 Å². The first-order valence-corrected chi connectivity index (χ1v) is 9.64. The van der Waals surface area contributed by atoms with Crippen molar-refractivity contribution in [2.75, 3.05) is 23.4 Å². The van der Waals surface area contributed by atoms with Crippen LogP contribution in [0.25, 0.3) is 0 Å². The lowest BCUT2D eigenvalue weighted by Gasteiger charge is -2.21. The number of amides is 2. The van der Waals surface area contributed by atoms with Gasteiger partial charge in [0.2, 0.25) is 11.8 Å². The maximum atomic E-state index is 12.8. The fraction of sp³-hybridized carbons (Fsp3) is 0.167. The van der Waals surface area contributed by atoms with E-state index in [-0.39, 0.29) is 24.8 Å². The summed E-state index contributed by atoms with van der Waals surface area (Å²) in [7, 11) is 0. The van der Waals surface area contributed by atoms with Gasteiger partial charge in [-0.3, -0.25) is 14.5 Å². The van der Waals surface area contributed by atoms with Gasteiger partial charge in [-0.15, -0.1) is 0 Å². The highest BCUT2D eigenvalue weighted by molar-refractivity contribution is 6.04. The smallest absolute Gasteiger partial charge is 0.244 e. The largest absolute Gasteiger partial charge is 0.491 e. The first-order valence-electron chi connectivity index (χ1n) is 9.64. The molecule has 0 radical (unpaired) electrons. The van der Waals surface area contributed by atoms with Crippen molar-refractivity contribution < 1.29 is 14.3 Å². The molecule has 4 rings (SSSR count). The van der Waals surface area contributed by atoms with E-state index in [4.69, 9.17) is 4.74 Å². The van der Waals surface area contributed by atoms with Gasteiger partial charge in [-0.05, 0) is 35.7 Å². The SMILES string of the molecule is O=C(CN1C(=O)CCOc2ccccc21)Nc1ccccc1Cc1ccccc1. The molecule has 1 N–H and O–H groups in total. The van der Waals surface area contributed by atoms with Gasteiger partial charge in [0.05, 0.1) is 18.7 Å². The third-order valence-electron chi connectivity index (χ3n) is 4.86. The molecule has 146 valence electrons. The van der Waals surface area contributed by atoms with Crippen molar-refractivity contribution in [3.05, 3.63) is 90.0 Å². The number of ether oxygens (including phenoxy) is 1. The first kappa shape index (κ1) is 18.7. The summed E-state index contributed by atoms with van der Waals surface area (Å²) in [5.74, 6) is 0.258. The number of hydrogen-bond donors (Lipinski definition) is 1. The molecule has 0 saturated carbocycles. The van der Waals surface area contributed by atoms with Crippen LogP contribution >= 0.6 is 0 Å². The summed E-state index contributed by atoms with van der Waals surface area (Å²) >= 11 is 0. The number of carbonyl (C=O) groups excluding carboxylic acids is 2. The van der Waals surface area contributed by atoms with Crippen LogP contribution < -0.4 is 15.0 Å². The normalized spacial score (nSPS) is 13.2. The minimum absolute atomic E-state index is 0.0567. The van der Waals surface area contributed by atoms with Gasteiger partial charge in [-0.1, -0.05) is 60.7 Å². The van der Waals surface area contributed by atoms with Crippen LogP contribution in [0.1, 0.15) is 17.5 Å². The number of rotatable bonds is 5. The quantitative estimate of drug-likeness (QED) is 0.720. The molecular weight excluding hydrogens is 364 g/mol. The Morgan fingerprint density at radius 2 is 1.66 bits per heavy atom. The first-order chi connectivity index (χ1) is 14.2. The molecule has 0 aromatic heterocycles. The van der Waals surface area contributed by atoms with Crippen molar-refractivity contribution in [2.45, 2.75) is 12.8 Å². The number of fused-ring (bicyclic) bond motifs is 1. The highest BCUT2D eigenvalue weighted by atomic mass is 16.5. The Bertz CT molecular complexity index is 1020. The topological polar surface area (TPSA) is 58.6 Å². The van der Waals surface area contributed by atoms with E-state index in [1.807, 2.05) is 60.7 Å². The monoisotopic (exact) mass is 386 g/mol. The number of para-hydroxylation sites is 3. The molecule has 1 heterocycles. The van der Waals surface area contributed by atoms with Crippen LogP contribution in [0.5, 0.6) is 5.75 Å². The lowest BCUT2D eigenvalue weighted by atomic mass is 10.0. The maximum absolute atomic E-state index is 12.8. The third-order valence-corrected chi connectivity index (χ3v) is 4.86. The summed E-state index contributed by atoms with van der Waals surface area (Å²) in [6.07, 6.45) is 0.961. The van der Waals surface area contributed by atoms with Crippen LogP contribution in [0.3, 0.4) is 0 Å². The Labute approximate surface area is 169 Å². The van der Waals surface area contributed by atoms with Gasteiger partial charge in [0, 0.05) is 5.69 Å². The molecule has 3 aromatic rings. The van der Waals surface area contributed by atoms with Crippen molar-refractivity contribution in [1.82, 2.24) is 0 Å². The molecule has 0 spiro atoms. The Hall–Kier alpha value is -3.60. The summed E-state index contributed by atoms with van der Waals surface area (Å²) in [5.41, 5.74) is 3.58. The molecule has 0 fully saturated rings. The third kappa shape index (κ3) is 4.46. The van der Waals surface area contributed by atoms with Crippen LogP contribution in [-0.4, -0.2) is 25.0 Å². The number of hydrogen-bond acceptors (Lipinski definition) is 3. The lowest BCUT2D eigenvalue weighted by Crippen LogP contribution is -2.37. The van der Waals surface area contributed by atoms with Crippen LogP contribution in [0, 0.1) is 0 Å². The predicted molar refractivity (Wildman–Crippen MR) is 113 cm³/mol. The van der Waals surface area contributed by atoms with Crippen molar-refractivity contribution in [1.29, 1.82) is 0 Å². The minimum atomic E-state index is -0.240. The van der Waals surface area contributed by atoms with Gasteiger partial charge in [0.25, 0.3) is 0 Å². The van der Waals surface area contributed by atoms with Gasteiger partial charge < -0.3 is 10.1 Å². The highest BCUT2D eigenvalue weighted by Crippen LogP contribution is 2.31. The number of nitrogens with zero attached hydrogens (tertiary/aromatic N) is 1. The average molecular weight is 386 g/mol. The van der Waals surface area contributed by atoms with E-state index < -0.39 is 0 Å². The summed E-state index contributed by atoms with van der Waals surface area (Å²) in [6.45, 7) is 0.257. The molecule has 2 amide bonds. The number of anilines is 2. The average Bonchev–Trinajstić information content (AvgIpc) is 2.89. The zero-order valence-electron chi connectivity index (χ0n) is 16.0.